The third-order valence-corrected chi connectivity index (χ3v) is 4.47. The minimum Gasteiger partial charge on any atom is -0.398 e. The van der Waals surface area contributed by atoms with Crippen LogP contribution in [0.2, 0.25) is 0 Å². The molecule has 106 valence electrons. The molecule has 0 aliphatic carbocycles. The van der Waals surface area contributed by atoms with Crippen molar-refractivity contribution in [2.75, 3.05) is 12.8 Å². The number of benzene rings is 1. The van der Waals surface area contributed by atoms with Gasteiger partial charge < -0.3 is 10.6 Å². The van der Waals surface area contributed by atoms with E-state index in [1.807, 2.05) is 14.0 Å². The predicted octanol–water partition coefficient (Wildman–Crippen LogP) is 3.53. The molecule has 2 N–H and O–H groups in total. The van der Waals surface area contributed by atoms with Gasteiger partial charge in [-0.3, -0.25) is 4.79 Å². The maximum atomic E-state index is 12.4. The van der Waals surface area contributed by atoms with Gasteiger partial charge in [0, 0.05) is 24.2 Å². The molecule has 3 nitrogen and oxygen atoms in total. The third kappa shape index (κ3) is 3.02. The number of hydrogen-bond acceptors (Lipinski definition) is 3. The number of rotatable bonds is 3. The van der Waals surface area contributed by atoms with E-state index in [-0.39, 0.29) is 5.91 Å². The first-order chi connectivity index (χ1) is 9.38. The molecule has 0 aliphatic rings. The molecule has 0 saturated carbocycles. The third-order valence-electron chi connectivity index (χ3n) is 3.42. The van der Waals surface area contributed by atoms with Crippen molar-refractivity contribution in [1.82, 2.24) is 4.90 Å². The normalized spacial score (nSPS) is 10.6. The number of nitrogens with two attached hydrogens (primary N) is 1. The Hall–Kier alpha value is -1.81. The molecule has 0 unspecified atom stereocenters. The Morgan fingerprint density at radius 1 is 1.25 bits per heavy atom. The van der Waals surface area contributed by atoms with Gasteiger partial charge in [-0.05, 0) is 38.0 Å². The Morgan fingerprint density at radius 2 is 1.95 bits per heavy atom. The van der Waals surface area contributed by atoms with Crippen molar-refractivity contribution in [3.8, 4) is 0 Å². The number of nitrogen functional groups attached to an aromatic ring is 1. The van der Waals surface area contributed by atoms with Gasteiger partial charge in [-0.2, -0.15) is 0 Å². The van der Waals surface area contributed by atoms with E-state index in [4.69, 9.17) is 5.73 Å². The highest BCUT2D eigenvalue weighted by Gasteiger charge is 2.16. The van der Waals surface area contributed by atoms with Crippen molar-refractivity contribution >= 4 is 22.9 Å². The summed E-state index contributed by atoms with van der Waals surface area (Å²) in [6.45, 7) is 6.69. The summed E-state index contributed by atoms with van der Waals surface area (Å²) < 4.78 is 0. The Balaban J connectivity index is 2.15. The summed E-state index contributed by atoms with van der Waals surface area (Å²) in [7, 11) is 1.83. The largest absolute Gasteiger partial charge is 0.398 e. The van der Waals surface area contributed by atoms with Gasteiger partial charge in [0.1, 0.15) is 0 Å². The second-order valence-corrected chi connectivity index (χ2v) is 6.47. The van der Waals surface area contributed by atoms with Gasteiger partial charge in [-0.25, -0.2) is 0 Å². The van der Waals surface area contributed by atoms with Crippen LogP contribution in [0.1, 0.15) is 31.2 Å². The van der Waals surface area contributed by atoms with Crippen LogP contribution in [0.25, 0.3) is 0 Å². The van der Waals surface area contributed by atoms with Crippen LogP contribution >= 0.6 is 11.3 Å². The van der Waals surface area contributed by atoms with Gasteiger partial charge in [0.2, 0.25) is 0 Å². The molecular weight excluding hydrogens is 268 g/mol. The molecule has 0 bridgehead atoms. The van der Waals surface area contributed by atoms with E-state index >= 15 is 0 Å². The van der Waals surface area contributed by atoms with Crippen molar-refractivity contribution in [1.29, 1.82) is 0 Å². The van der Waals surface area contributed by atoms with Crippen LogP contribution in [-0.4, -0.2) is 17.9 Å². The first kappa shape index (κ1) is 14.6. The molecule has 4 heteroatoms. The summed E-state index contributed by atoms with van der Waals surface area (Å²) in [6.07, 6.45) is 0. The monoisotopic (exact) mass is 288 g/mol. The van der Waals surface area contributed by atoms with Crippen molar-refractivity contribution in [2.45, 2.75) is 27.3 Å². The Kier molecular flexibility index (Phi) is 4.14. The van der Waals surface area contributed by atoms with E-state index in [1.165, 1.54) is 28.0 Å². The molecule has 1 heterocycles. The Labute approximate surface area is 124 Å². The van der Waals surface area contributed by atoms with E-state index in [2.05, 4.69) is 32.0 Å². The number of thiophene rings is 1. The summed E-state index contributed by atoms with van der Waals surface area (Å²) >= 11 is 1.45. The number of nitrogens with zero attached hydrogens (tertiary/aromatic N) is 1. The standard InChI is InChI=1S/C16H20N2OS/c1-10-5-6-13(11(2)7-10)9-18(4)16(19)15-8-14(17)12(3)20-15/h5-8H,9,17H2,1-4H3. The number of hydrogen-bond donors (Lipinski definition) is 1. The molecule has 0 saturated heterocycles. The number of carbonyl (C=O) groups is 1. The first-order valence-electron chi connectivity index (χ1n) is 6.56. The summed E-state index contributed by atoms with van der Waals surface area (Å²) in [5, 5.41) is 0. The lowest BCUT2D eigenvalue weighted by Gasteiger charge is -2.18. The van der Waals surface area contributed by atoms with Crippen molar-refractivity contribution < 1.29 is 4.79 Å². The summed E-state index contributed by atoms with van der Waals surface area (Å²) in [5.41, 5.74) is 10.1. The van der Waals surface area contributed by atoms with Gasteiger partial charge in [0.15, 0.2) is 0 Å². The fourth-order valence-corrected chi connectivity index (χ4v) is 3.08. The molecular formula is C16H20N2OS. The number of anilines is 1. The lowest BCUT2D eigenvalue weighted by atomic mass is 10.1. The molecule has 1 aromatic carbocycles. The number of aryl methyl sites for hydroxylation is 3. The summed E-state index contributed by atoms with van der Waals surface area (Å²) in [5.74, 6) is 0.0229. The molecule has 0 atom stereocenters. The zero-order chi connectivity index (χ0) is 14.9. The lowest BCUT2D eigenvalue weighted by molar-refractivity contribution is 0.0789. The van der Waals surface area contributed by atoms with E-state index in [1.54, 1.807) is 11.0 Å². The van der Waals surface area contributed by atoms with Crippen molar-refractivity contribution in [2.24, 2.45) is 0 Å². The molecule has 2 rings (SSSR count). The van der Waals surface area contributed by atoms with Crippen LogP contribution in [-0.2, 0) is 6.54 Å². The molecule has 1 aromatic heterocycles. The van der Waals surface area contributed by atoms with Crippen LogP contribution in [0.3, 0.4) is 0 Å². The fourth-order valence-electron chi connectivity index (χ4n) is 2.14. The van der Waals surface area contributed by atoms with Crippen LogP contribution in [0, 0.1) is 20.8 Å². The molecule has 0 fully saturated rings. The van der Waals surface area contributed by atoms with E-state index < -0.39 is 0 Å². The van der Waals surface area contributed by atoms with Crippen LogP contribution in [0.4, 0.5) is 5.69 Å². The van der Waals surface area contributed by atoms with Crippen LogP contribution < -0.4 is 5.73 Å². The quantitative estimate of drug-likeness (QED) is 0.939. The second kappa shape index (κ2) is 5.67. The van der Waals surface area contributed by atoms with Crippen LogP contribution in [0.15, 0.2) is 24.3 Å². The maximum absolute atomic E-state index is 12.4. The zero-order valence-electron chi connectivity index (χ0n) is 12.4. The van der Waals surface area contributed by atoms with E-state index in [9.17, 15) is 4.79 Å². The smallest absolute Gasteiger partial charge is 0.264 e. The number of carbonyl (C=O) groups excluding carboxylic acids is 1. The second-order valence-electron chi connectivity index (χ2n) is 5.21. The van der Waals surface area contributed by atoms with Gasteiger partial charge in [0.25, 0.3) is 5.91 Å². The Bertz CT molecular complexity index is 626. The highest BCUT2D eigenvalue weighted by Crippen LogP contribution is 2.25. The van der Waals surface area contributed by atoms with E-state index in [0.29, 0.717) is 17.1 Å². The maximum Gasteiger partial charge on any atom is 0.264 e. The van der Waals surface area contributed by atoms with Gasteiger partial charge in [0.05, 0.1) is 4.88 Å². The topological polar surface area (TPSA) is 46.3 Å². The Morgan fingerprint density at radius 3 is 2.50 bits per heavy atom. The molecule has 1 amide bonds. The molecule has 0 radical (unpaired) electrons. The molecule has 20 heavy (non-hydrogen) atoms. The lowest BCUT2D eigenvalue weighted by Crippen LogP contribution is -2.25. The minimum absolute atomic E-state index is 0.0229. The number of amides is 1. The first-order valence-corrected chi connectivity index (χ1v) is 7.37. The van der Waals surface area contributed by atoms with E-state index in [0.717, 1.165) is 4.88 Å². The minimum atomic E-state index is 0.0229. The molecule has 2 aromatic rings. The fraction of sp³-hybridized carbons (Fsp3) is 0.312. The average Bonchev–Trinajstić information content (AvgIpc) is 2.72. The van der Waals surface area contributed by atoms with Crippen molar-refractivity contribution in [3.63, 3.8) is 0 Å². The highest BCUT2D eigenvalue weighted by molar-refractivity contribution is 7.14. The van der Waals surface area contributed by atoms with Crippen LogP contribution in [0.5, 0.6) is 0 Å². The van der Waals surface area contributed by atoms with Crippen molar-refractivity contribution in [3.05, 3.63) is 50.7 Å². The molecule has 0 spiro atoms. The van der Waals surface area contributed by atoms with Gasteiger partial charge in [-0.1, -0.05) is 23.8 Å². The SMILES string of the molecule is Cc1ccc(CN(C)C(=O)c2cc(N)c(C)s2)c(C)c1. The summed E-state index contributed by atoms with van der Waals surface area (Å²) in [4.78, 5) is 15.8. The molecule has 0 aliphatic heterocycles. The highest BCUT2D eigenvalue weighted by atomic mass is 32.1. The van der Waals surface area contributed by atoms with Gasteiger partial charge >= 0.3 is 0 Å². The zero-order valence-corrected chi connectivity index (χ0v) is 13.2. The predicted molar refractivity (Wildman–Crippen MR) is 85.2 cm³/mol. The van der Waals surface area contributed by atoms with Gasteiger partial charge in [-0.15, -0.1) is 11.3 Å². The average molecular weight is 288 g/mol. The summed E-state index contributed by atoms with van der Waals surface area (Å²) in [6, 6.07) is 8.07.